The SMILES string of the molecule is Cc1ccc(S(=O)(=O)N(CC(=O)Nc2ccc(S(=O)(=O)Nc3ccccc3)cc2)c2cc(C)cc(C)c2)cc1. The quantitative estimate of drug-likeness (QED) is 0.289. The molecule has 0 spiro atoms. The highest BCUT2D eigenvalue weighted by Gasteiger charge is 2.27. The first-order valence-corrected chi connectivity index (χ1v) is 15.0. The van der Waals surface area contributed by atoms with Gasteiger partial charge in [0, 0.05) is 11.4 Å². The van der Waals surface area contributed by atoms with Gasteiger partial charge in [0.25, 0.3) is 20.0 Å². The molecular weight excluding hydrogens is 534 g/mol. The molecule has 4 aromatic carbocycles. The van der Waals surface area contributed by atoms with Crippen molar-refractivity contribution < 1.29 is 21.6 Å². The first-order valence-electron chi connectivity index (χ1n) is 12.1. The molecule has 2 N–H and O–H groups in total. The average molecular weight is 564 g/mol. The molecule has 39 heavy (non-hydrogen) atoms. The predicted octanol–water partition coefficient (Wildman–Crippen LogP) is 5.25. The zero-order valence-corrected chi connectivity index (χ0v) is 23.4. The molecule has 10 heteroatoms. The Hall–Kier alpha value is -4.15. The molecule has 0 radical (unpaired) electrons. The topological polar surface area (TPSA) is 113 Å². The number of hydrogen-bond acceptors (Lipinski definition) is 5. The summed E-state index contributed by atoms with van der Waals surface area (Å²) in [5, 5.41) is 2.67. The number of amides is 1. The summed E-state index contributed by atoms with van der Waals surface area (Å²) >= 11 is 0. The molecule has 0 aliphatic heterocycles. The maximum atomic E-state index is 13.6. The van der Waals surface area contributed by atoms with Gasteiger partial charge in [-0.05, 0) is 92.6 Å². The minimum absolute atomic E-state index is 0.0168. The molecule has 4 aromatic rings. The van der Waals surface area contributed by atoms with Crippen molar-refractivity contribution in [1.29, 1.82) is 0 Å². The number of anilines is 3. The Labute approximate surface area is 229 Å². The van der Waals surface area contributed by atoms with Crippen LogP contribution in [0.4, 0.5) is 17.1 Å². The molecule has 0 aliphatic carbocycles. The van der Waals surface area contributed by atoms with Crippen LogP contribution in [0.15, 0.2) is 107 Å². The van der Waals surface area contributed by atoms with Crippen molar-refractivity contribution >= 4 is 43.0 Å². The first-order chi connectivity index (χ1) is 18.4. The number of nitrogens with one attached hydrogen (secondary N) is 2. The van der Waals surface area contributed by atoms with Crippen molar-refractivity contribution in [3.8, 4) is 0 Å². The van der Waals surface area contributed by atoms with Gasteiger partial charge in [-0.25, -0.2) is 16.8 Å². The Morgan fingerprint density at radius 2 is 1.23 bits per heavy atom. The van der Waals surface area contributed by atoms with Gasteiger partial charge in [-0.2, -0.15) is 0 Å². The van der Waals surface area contributed by atoms with Gasteiger partial charge in [0.1, 0.15) is 6.54 Å². The molecular formula is C29H29N3O5S2. The fourth-order valence-electron chi connectivity index (χ4n) is 4.02. The third-order valence-corrected chi connectivity index (χ3v) is 9.05. The van der Waals surface area contributed by atoms with Gasteiger partial charge in [-0.15, -0.1) is 0 Å². The van der Waals surface area contributed by atoms with Crippen molar-refractivity contribution in [2.45, 2.75) is 30.6 Å². The molecule has 0 heterocycles. The summed E-state index contributed by atoms with van der Waals surface area (Å²) in [6.45, 7) is 5.10. The number of rotatable bonds is 9. The molecule has 0 saturated carbocycles. The van der Waals surface area contributed by atoms with Crippen molar-refractivity contribution in [3.63, 3.8) is 0 Å². The lowest BCUT2D eigenvalue weighted by atomic mass is 10.1. The van der Waals surface area contributed by atoms with Crippen LogP contribution < -0.4 is 14.3 Å². The lowest BCUT2D eigenvalue weighted by Crippen LogP contribution is -2.38. The molecule has 0 atom stereocenters. The van der Waals surface area contributed by atoms with Crippen LogP contribution in [-0.2, 0) is 24.8 Å². The molecule has 0 aromatic heterocycles. The monoisotopic (exact) mass is 563 g/mol. The van der Waals surface area contributed by atoms with E-state index in [4.69, 9.17) is 0 Å². The van der Waals surface area contributed by atoms with Gasteiger partial charge >= 0.3 is 0 Å². The molecule has 0 bridgehead atoms. The summed E-state index contributed by atoms with van der Waals surface area (Å²) in [6.07, 6.45) is 0. The van der Waals surface area contributed by atoms with E-state index in [0.29, 0.717) is 17.1 Å². The highest BCUT2D eigenvalue weighted by molar-refractivity contribution is 7.93. The minimum atomic E-state index is -4.06. The predicted molar refractivity (Wildman–Crippen MR) is 154 cm³/mol. The Morgan fingerprint density at radius 3 is 1.82 bits per heavy atom. The van der Waals surface area contributed by atoms with E-state index in [1.807, 2.05) is 26.8 Å². The molecule has 0 fully saturated rings. The molecule has 8 nitrogen and oxygen atoms in total. The van der Waals surface area contributed by atoms with Gasteiger partial charge in [-0.1, -0.05) is 42.0 Å². The second kappa shape index (κ2) is 11.3. The summed E-state index contributed by atoms with van der Waals surface area (Å²) in [5.74, 6) is -0.581. The Kier molecular flexibility index (Phi) is 8.08. The van der Waals surface area contributed by atoms with Crippen LogP contribution in [-0.4, -0.2) is 29.3 Å². The summed E-state index contributed by atoms with van der Waals surface area (Å²) < 4.78 is 56.2. The van der Waals surface area contributed by atoms with Crippen molar-refractivity contribution in [1.82, 2.24) is 0 Å². The number of para-hydroxylation sites is 1. The smallest absolute Gasteiger partial charge is 0.264 e. The summed E-state index contributed by atoms with van der Waals surface area (Å²) in [5.41, 5.74) is 3.75. The van der Waals surface area contributed by atoms with Gasteiger partial charge in [0.2, 0.25) is 5.91 Å². The van der Waals surface area contributed by atoms with Crippen LogP contribution in [0.5, 0.6) is 0 Å². The van der Waals surface area contributed by atoms with Crippen LogP contribution in [0.3, 0.4) is 0 Å². The molecule has 1 amide bonds. The van der Waals surface area contributed by atoms with Crippen LogP contribution in [0.25, 0.3) is 0 Å². The maximum Gasteiger partial charge on any atom is 0.264 e. The molecule has 0 saturated heterocycles. The van der Waals surface area contributed by atoms with E-state index in [-0.39, 0.29) is 9.79 Å². The third kappa shape index (κ3) is 6.84. The highest BCUT2D eigenvalue weighted by Crippen LogP contribution is 2.26. The number of carbonyl (C=O) groups excluding carboxylic acids is 1. The summed E-state index contributed by atoms with van der Waals surface area (Å²) in [6, 6.07) is 25.9. The third-order valence-electron chi connectivity index (χ3n) is 5.87. The fraction of sp³-hybridized carbons (Fsp3) is 0.138. The molecule has 202 valence electrons. The van der Waals surface area contributed by atoms with E-state index in [1.54, 1.807) is 54.6 Å². The van der Waals surface area contributed by atoms with E-state index < -0.39 is 32.5 Å². The Morgan fingerprint density at radius 1 is 0.667 bits per heavy atom. The molecule has 0 aliphatic rings. The number of aryl methyl sites for hydroxylation is 3. The largest absolute Gasteiger partial charge is 0.325 e. The second-order valence-corrected chi connectivity index (χ2v) is 12.8. The van der Waals surface area contributed by atoms with E-state index in [9.17, 15) is 21.6 Å². The number of nitrogens with zero attached hydrogens (tertiary/aromatic N) is 1. The van der Waals surface area contributed by atoms with Gasteiger partial charge in [0.15, 0.2) is 0 Å². The normalized spacial score (nSPS) is 11.6. The number of sulfonamides is 2. The van der Waals surface area contributed by atoms with Crippen LogP contribution >= 0.6 is 0 Å². The Balaban J connectivity index is 1.56. The average Bonchev–Trinajstić information content (AvgIpc) is 2.87. The van der Waals surface area contributed by atoms with Gasteiger partial charge in [0.05, 0.1) is 15.5 Å². The van der Waals surface area contributed by atoms with Crippen molar-refractivity contribution in [2.24, 2.45) is 0 Å². The molecule has 0 unspecified atom stereocenters. The Bertz CT molecular complexity index is 1670. The van der Waals surface area contributed by atoms with Crippen LogP contribution in [0, 0.1) is 20.8 Å². The van der Waals surface area contributed by atoms with Crippen molar-refractivity contribution in [2.75, 3.05) is 20.9 Å². The zero-order chi connectivity index (χ0) is 28.2. The standard InChI is InChI=1S/C29H29N3O5S2/c1-21-9-13-28(14-10-21)39(36,37)32(26-18-22(2)17-23(3)19-26)20-29(33)30-24-11-15-27(16-12-24)38(34,35)31-25-7-5-4-6-8-25/h4-19,31H,20H2,1-3H3,(H,30,33). The second-order valence-electron chi connectivity index (χ2n) is 9.21. The lowest BCUT2D eigenvalue weighted by molar-refractivity contribution is -0.114. The number of carbonyl (C=O) groups is 1. The van der Waals surface area contributed by atoms with Crippen LogP contribution in [0.1, 0.15) is 16.7 Å². The first kappa shape index (κ1) is 27.9. The van der Waals surface area contributed by atoms with Crippen molar-refractivity contribution in [3.05, 3.63) is 114 Å². The van der Waals surface area contributed by atoms with Crippen LogP contribution in [0.2, 0.25) is 0 Å². The minimum Gasteiger partial charge on any atom is -0.325 e. The lowest BCUT2D eigenvalue weighted by Gasteiger charge is -2.25. The number of hydrogen-bond donors (Lipinski definition) is 2. The van der Waals surface area contributed by atoms with Gasteiger partial charge in [-0.3, -0.25) is 13.8 Å². The summed E-state index contributed by atoms with van der Waals surface area (Å²) in [4.78, 5) is 13.2. The summed E-state index contributed by atoms with van der Waals surface area (Å²) in [7, 11) is -7.89. The van der Waals surface area contributed by atoms with E-state index in [1.165, 1.54) is 36.4 Å². The fourth-order valence-corrected chi connectivity index (χ4v) is 6.48. The van der Waals surface area contributed by atoms with E-state index in [0.717, 1.165) is 21.0 Å². The zero-order valence-electron chi connectivity index (χ0n) is 21.7. The number of benzene rings is 4. The van der Waals surface area contributed by atoms with Gasteiger partial charge < -0.3 is 5.32 Å². The maximum absolute atomic E-state index is 13.6. The highest BCUT2D eigenvalue weighted by atomic mass is 32.2. The van der Waals surface area contributed by atoms with E-state index in [2.05, 4.69) is 10.0 Å². The molecule has 4 rings (SSSR count). The van der Waals surface area contributed by atoms with E-state index >= 15 is 0 Å².